The van der Waals surface area contributed by atoms with Crippen LogP contribution in [0.5, 0.6) is 0 Å². The van der Waals surface area contributed by atoms with Gasteiger partial charge in [0.05, 0.1) is 6.10 Å². The normalized spacial score (nSPS) is 15.0. The molecule has 0 aromatic rings. The van der Waals surface area contributed by atoms with Gasteiger partial charge in [-0.25, -0.2) is 0 Å². The topological polar surface area (TPSA) is 35.2 Å². The zero-order valence-electron chi connectivity index (χ0n) is 7.54. The monoisotopic (exact) mass is 197 g/mol. The van der Waals surface area contributed by atoms with Crippen LogP contribution in [0.25, 0.3) is 0 Å². The summed E-state index contributed by atoms with van der Waals surface area (Å²) in [4.78, 5) is 0. The van der Waals surface area contributed by atoms with Crippen LogP contribution >= 0.6 is 18.9 Å². The molecule has 68 valence electrons. The van der Waals surface area contributed by atoms with E-state index in [2.05, 4.69) is 27.7 Å². The Labute approximate surface area is 75.1 Å². The zero-order chi connectivity index (χ0) is 9.02. The van der Waals surface area contributed by atoms with Gasteiger partial charge in [-0.1, -0.05) is 27.7 Å². The van der Waals surface area contributed by atoms with E-state index in [0.29, 0.717) is 11.8 Å². The van der Waals surface area contributed by atoms with Crippen LogP contribution in [0, 0.1) is 11.8 Å². The number of hydrogen-bond donors (Lipinski definition) is 1. The minimum Gasteiger partial charge on any atom is -0.328 e. The van der Waals surface area contributed by atoms with Crippen molar-refractivity contribution in [2.75, 3.05) is 0 Å². The average molecular weight is 198 g/mol. The van der Waals surface area contributed by atoms with Crippen LogP contribution < -0.4 is 5.50 Å². The molecule has 0 radical (unpaired) electrons. The number of halogens is 1. The van der Waals surface area contributed by atoms with E-state index in [0.717, 1.165) is 0 Å². The molecule has 0 saturated heterocycles. The molecule has 1 atom stereocenters. The fraction of sp³-hybridized carbons (Fsp3) is 1.00. The summed E-state index contributed by atoms with van der Waals surface area (Å²) in [6.07, 6.45) is 0.184. The highest BCUT2D eigenvalue weighted by molar-refractivity contribution is 7.78. The van der Waals surface area contributed by atoms with Crippen LogP contribution in [0.4, 0.5) is 0 Å². The van der Waals surface area contributed by atoms with Crippen LogP contribution in [0.1, 0.15) is 27.7 Å². The molecular formula is C7H17ClNOP. The minimum atomic E-state index is -1.23. The molecule has 0 aliphatic rings. The summed E-state index contributed by atoms with van der Waals surface area (Å²) in [5.41, 5.74) is 5.38. The summed E-state index contributed by atoms with van der Waals surface area (Å²) >= 11 is 5.58. The molecule has 2 N–H and O–H groups in total. The molecule has 0 aromatic carbocycles. The molecule has 0 amide bonds. The first-order chi connectivity index (χ1) is 4.95. The number of hydrogen-bond acceptors (Lipinski definition) is 2. The summed E-state index contributed by atoms with van der Waals surface area (Å²) in [6, 6.07) is 0. The van der Waals surface area contributed by atoms with E-state index >= 15 is 0 Å². The molecule has 4 heteroatoms. The van der Waals surface area contributed by atoms with Crippen molar-refractivity contribution in [2.24, 2.45) is 17.3 Å². The molecule has 2 nitrogen and oxygen atoms in total. The third kappa shape index (κ3) is 4.97. The molecule has 0 saturated carbocycles. The highest BCUT2D eigenvalue weighted by Gasteiger charge is 2.20. The van der Waals surface area contributed by atoms with Gasteiger partial charge in [0.25, 0.3) is 0 Å². The second kappa shape index (κ2) is 5.31. The van der Waals surface area contributed by atoms with Crippen LogP contribution in [0.3, 0.4) is 0 Å². The van der Waals surface area contributed by atoms with Gasteiger partial charge in [-0.15, -0.1) is 0 Å². The van der Waals surface area contributed by atoms with Crippen molar-refractivity contribution >= 4 is 18.9 Å². The maximum Gasteiger partial charge on any atom is 0.201 e. The summed E-state index contributed by atoms with van der Waals surface area (Å²) < 4.78 is 5.38. The van der Waals surface area contributed by atoms with Gasteiger partial charge in [0.15, 0.2) is 0 Å². The van der Waals surface area contributed by atoms with E-state index in [9.17, 15) is 0 Å². The van der Waals surface area contributed by atoms with E-state index in [-0.39, 0.29) is 6.10 Å². The quantitative estimate of drug-likeness (QED) is 0.703. The Morgan fingerprint density at radius 1 is 1.18 bits per heavy atom. The average Bonchev–Trinajstić information content (AvgIpc) is 1.81. The molecule has 0 bridgehead atoms. The molecule has 0 aliphatic heterocycles. The van der Waals surface area contributed by atoms with E-state index in [1.54, 1.807) is 0 Å². The van der Waals surface area contributed by atoms with Gasteiger partial charge in [0.1, 0.15) is 0 Å². The van der Waals surface area contributed by atoms with E-state index in [1.807, 2.05) is 0 Å². The van der Waals surface area contributed by atoms with Gasteiger partial charge in [-0.05, 0) is 23.1 Å². The Balaban J connectivity index is 3.90. The van der Waals surface area contributed by atoms with E-state index < -0.39 is 7.65 Å². The van der Waals surface area contributed by atoms with Gasteiger partial charge in [-0.3, -0.25) is 5.50 Å². The Bertz CT molecular complexity index is 101. The second-order valence-corrected chi connectivity index (χ2v) is 5.08. The first kappa shape index (κ1) is 11.6. The van der Waals surface area contributed by atoms with Gasteiger partial charge >= 0.3 is 0 Å². The van der Waals surface area contributed by atoms with Crippen molar-refractivity contribution in [3.05, 3.63) is 0 Å². The predicted octanol–water partition coefficient (Wildman–Crippen LogP) is 3.11. The number of rotatable bonds is 4. The maximum atomic E-state index is 5.58. The van der Waals surface area contributed by atoms with E-state index in [1.165, 1.54) is 0 Å². The smallest absolute Gasteiger partial charge is 0.201 e. The molecular weight excluding hydrogens is 181 g/mol. The van der Waals surface area contributed by atoms with Crippen molar-refractivity contribution < 1.29 is 4.52 Å². The summed E-state index contributed by atoms with van der Waals surface area (Å²) in [5, 5.41) is 0. The second-order valence-electron chi connectivity index (χ2n) is 3.33. The fourth-order valence-electron chi connectivity index (χ4n) is 1.13. The molecule has 0 fully saturated rings. The molecule has 0 heterocycles. The Kier molecular flexibility index (Phi) is 5.62. The minimum absolute atomic E-state index is 0.184. The lowest BCUT2D eigenvalue weighted by atomic mass is 9.97. The summed E-state index contributed by atoms with van der Waals surface area (Å²) in [6.45, 7) is 8.45. The highest BCUT2D eigenvalue weighted by Crippen LogP contribution is 2.37. The molecule has 0 aromatic heterocycles. The largest absolute Gasteiger partial charge is 0.328 e. The lowest BCUT2D eigenvalue weighted by Crippen LogP contribution is -2.24. The van der Waals surface area contributed by atoms with Gasteiger partial charge in [0, 0.05) is 0 Å². The van der Waals surface area contributed by atoms with Crippen LogP contribution in [0.15, 0.2) is 0 Å². The molecule has 1 unspecified atom stereocenters. The van der Waals surface area contributed by atoms with Crippen molar-refractivity contribution in [1.82, 2.24) is 0 Å². The highest BCUT2D eigenvalue weighted by atomic mass is 35.7. The Morgan fingerprint density at radius 2 is 1.55 bits per heavy atom. The van der Waals surface area contributed by atoms with Gasteiger partial charge in [-0.2, -0.15) is 0 Å². The zero-order valence-corrected chi connectivity index (χ0v) is 9.19. The van der Waals surface area contributed by atoms with Gasteiger partial charge in [0.2, 0.25) is 7.65 Å². The Morgan fingerprint density at radius 3 is 1.64 bits per heavy atom. The lowest BCUT2D eigenvalue weighted by molar-refractivity contribution is 0.123. The van der Waals surface area contributed by atoms with Crippen molar-refractivity contribution in [3.63, 3.8) is 0 Å². The lowest BCUT2D eigenvalue weighted by Gasteiger charge is -2.25. The molecule has 11 heavy (non-hydrogen) atoms. The first-order valence-electron chi connectivity index (χ1n) is 3.82. The summed E-state index contributed by atoms with van der Waals surface area (Å²) in [7, 11) is -1.23. The molecule has 0 aliphatic carbocycles. The van der Waals surface area contributed by atoms with Gasteiger partial charge < -0.3 is 4.52 Å². The van der Waals surface area contributed by atoms with Crippen molar-refractivity contribution in [3.8, 4) is 0 Å². The summed E-state index contributed by atoms with van der Waals surface area (Å²) in [5.74, 6) is 0.949. The third-order valence-electron chi connectivity index (χ3n) is 1.54. The van der Waals surface area contributed by atoms with Crippen LogP contribution in [-0.2, 0) is 4.52 Å². The molecule has 0 rings (SSSR count). The standard InChI is InChI=1S/C7H17ClNOP/c1-5(2)7(6(3)4)10-11(8)9/h5-7H,9H2,1-4H3. The first-order valence-corrected chi connectivity index (χ1v) is 6.06. The fourth-order valence-corrected chi connectivity index (χ4v) is 2.12. The SMILES string of the molecule is CC(C)C(OP(N)Cl)C(C)C. The number of nitrogens with two attached hydrogens (primary N) is 1. The Hall–Kier alpha value is 0.640. The maximum absolute atomic E-state index is 5.58. The predicted molar refractivity (Wildman–Crippen MR) is 51.5 cm³/mol. The van der Waals surface area contributed by atoms with Crippen LogP contribution in [-0.4, -0.2) is 6.10 Å². The molecule has 0 spiro atoms. The van der Waals surface area contributed by atoms with E-state index in [4.69, 9.17) is 21.3 Å². The van der Waals surface area contributed by atoms with Crippen molar-refractivity contribution in [2.45, 2.75) is 33.8 Å². The third-order valence-corrected chi connectivity index (χ3v) is 2.22. The van der Waals surface area contributed by atoms with Crippen LogP contribution in [0.2, 0.25) is 0 Å². The van der Waals surface area contributed by atoms with Crippen molar-refractivity contribution in [1.29, 1.82) is 0 Å².